The number of carbonyl (C=O) groups excluding carboxylic acids is 1. The number of nitrogens with zero attached hydrogens (tertiary/aromatic N) is 1. The molecule has 0 N–H and O–H groups in total. The molecule has 1 heterocycles. The molecule has 0 atom stereocenters. The van der Waals surface area contributed by atoms with Gasteiger partial charge in [-0.1, -0.05) is 35.9 Å². The third-order valence-electron chi connectivity index (χ3n) is 4.42. The van der Waals surface area contributed by atoms with Gasteiger partial charge in [-0.05, 0) is 54.7 Å². The zero-order valence-electron chi connectivity index (χ0n) is 13.9. The van der Waals surface area contributed by atoms with Gasteiger partial charge in [-0.2, -0.15) is 0 Å². The molecule has 0 aliphatic carbocycles. The molecular formula is C20H22ClNO2. The minimum absolute atomic E-state index is 0.209. The Hall–Kier alpha value is -2.00. The number of hydrogen-bond acceptors (Lipinski definition) is 2. The van der Waals surface area contributed by atoms with E-state index in [2.05, 4.69) is 18.2 Å². The summed E-state index contributed by atoms with van der Waals surface area (Å²) in [6.45, 7) is 4.03. The normalized spacial score (nSPS) is 13.5. The van der Waals surface area contributed by atoms with E-state index in [9.17, 15) is 4.79 Å². The van der Waals surface area contributed by atoms with Crippen LogP contribution in [-0.4, -0.2) is 24.0 Å². The van der Waals surface area contributed by atoms with Gasteiger partial charge in [-0.15, -0.1) is 0 Å². The number of halogens is 1. The van der Waals surface area contributed by atoms with Crippen molar-refractivity contribution in [2.45, 2.75) is 32.7 Å². The third-order valence-corrected chi connectivity index (χ3v) is 4.84. The van der Waals surface area contributed by atoms with Crippen LogP contribution in [0.1, 0.15) is 29.5 Å². The average molecular weight is 344 g/mol. The van der Waals surface area contributed by atoms with E-state index >= 15 is 0 Å². The first kappa shape index (κ1) is 16.8. The van der Waals surface area contributed by atoms with Gasteiger partial charge in [-0.3, -0.25) is 4.79 Å². The molecule has 4 heteroatoms. The zero-order chi connectivity index (χ0) is 16.9. The highest BCUT2D eigenvalue weighted by Gasteiger charge is 2.19. The number of carbonyl (C=O) groups is 1. The summed E-state index contributed by atoms with van der Waals surface area (Å²) in [5.41, 5.74) is 3.63. The maximum Gasteiger partial charge on any atom is 0.223 e. The Labute approximate surface area is 148 Å². The molecule has 2 aromatic rings. The summed E-state index contributed by atoms with van der Waals surface area (Å²) in [6, 6.07) is 14.0. The molecule has 1 amide bonds. The smallest absolute Gasteiger partial charge is 0.223 e. The first-order valence-corrected chi connectivity index (χ1v) is 8.75. The molecule has 0 saturated carbocycles. The van der Waals surface area contributed by atoms with Crippen LogP contribution in [0.3, 0.4) is 0 Å². The van der Waals surface area contributed by atoms with Crippen molar-refractivity contribution in [3.8, 4) is 5.75 Å². The summed E-state index contributed by atoms with van der Waals surface area (Å²) in [6.07, 6.45) is 2.19. The van der Waals surface area contributed by atoms with Crippen molar-refractivity contribution in [3.05, 3.63) is 64.2 Å². The molecule has 0 unspecified atom stereocenters. The number of rotatable bonds is 5. The van der Waals surface area contributed by atoms with Gasteiger partial charge in [0.25, 0.3) is 0 Å². The van der Waals surface area contributed by atoms with E-state index < -0.39 is 0 Å². The lowest BCUT2D eigenvalue weighted by molar-refractivity contribution is -0.132. The van der Waals surface area contributed by atoms with Crippen LogP contribution < -0.4 is 4.74 Å². The van der Waals surface area contributed by atoms with Gasteiger partial charge in [-0.25, -0.2) is 0 Å². The summed E-state index contributed by atoms with van der Waals surface area (Å²) >= 11 is 6.00. The zero-order valence-corrected chi connectivity index (χ0v) is 14.7. The summed E-state index contributed by atoms with van der Waals surface area (Å²) < 4.78 is 5.71. The summed E-state index contributed by atoms with van der Waals surface area (Å²) in [4.78, 5) is 14.3. The quantitative estimate of drug-likeness (QED) is 0.753. The van der Waals surface area contributed by atoms with E-state index in [1.807, 2.05) is 36.1 Å². The van der Waals surface area contributed by atoms with Crippen LogP contribution in [0.5, 0.6) is 5.75 Å². The highest BCUT2D eigenvalue weighted by atomic mass is 35.5. The maximum absolute atomic E-state index is 12.4. The average Bonchev–Trinajstić information content (AvgIpc) is 2.61. The highest BCUT2D eigenvalue weighted by Crippen LogP contribution is 2.22. The summed E-state index contributed by atoms with van der Waals surface area (Å²) in [7, 11) is 0. The predicted molar refractivity (Wildman–Crippen MR) is 96.5 cm³/mol. The fourth-order valence-corrected chi connectivity index (χ4v) is 3.10. The van der Waals surface area contributed by atoms with Crippen molar-refractivity contribution in [1.82, 2.24) is 4.90 Å². The van der Waals surface area contributed by atoms with Gasteiger partial charge >= 0.3 is 0 Å². The predicted octanol–water partition coefficient (Wildman–Crippen LogP) is 4.39. The Morgan fingerprint density at radius 1 is 1.21 bits per heavy atom. The molecule has 0 bridgehead atoms. The topological polar surface area (TPSA) is 29.5 Å². The van der Waals surface area contributed by atoms with Crippen LogP contribution in [0.25, 0.3) is 0 Å². The molecule has 24 heavy (non-hydrogen) atoms. The van der Waals surface area contributed by atoms with Crippen molar-refractivity contribution >= 4 is 17.5 Å². The first-order chi connectivity index (χ1) is 11.6. The van der Waals surface area contributed by atoms with Gasteiger partial charge < -0.3 is 9.64 Å². The number of hydrogen-bond donors (Lipinski definition) is 0. The van der Waals surface area contributed by atoms with Gasteiger partial charge in [0.2, 0.25) is 5.91 Å². The second kappa shape index (κ2) is 7.71. The van der Waals surface area contributed by atoms with Crippen molar-refractivity contribution in [2.24, 2.45) is 0 Å². The van der Waals surface area contributed by atoms with E-state index in [-0.39, 0.29) is 5.91 Å². The Kier molecular flexibility index (Phi) is 5.41. The van der Waals surface area contributed by atoms with E-state index in [1.54, 1.807) is 0 Å². The number of benzene rings is 2. The Morgan fingerprint density at radius 3 is 2.79 bits per heavy atom. The molecular weight excluding hydrogens is 322 g/mol. The van der Waals surface area contributed by atoms with Crippen LogP contribution in [0, 0.1) is 6.92 Å². The van der Waals surface area contributed by atoms with E-state index in [0.717, 1.165) is 42.3 Å². The molecule has 0 fully saturated rings. The van der Waals surface area contributed by atoms with Gasteiger partial charge in [0.15, 0.2) is 0 Å². The van der Waals surface area contributed by atoms with E-state index in [0.29, 0.717) is 13.0 Å². The van der Waals surface area contributed by atoms with Crippen molar-refractivity contribution in [3.63, 3.8) is 0 Å². The van der Waals surface area contributed by atoms with Crippen molar-refractivity contribution in [2.75, 3.05) is 13.2 Å². The molecule has 1 aliphatic rings. The first-order valence-electron chi connectivity index (χ1n) is 8.37. The van der Waals surface area contributed by atoms with Gasteiger partial charge in [0, 0.05) is 24.5 Å². The number of amides is 1. The molecule has 0 saturated heterocycles. The number of aryl methyl sites for hydroxylation is 1. The Balaban J connectivity index is 1.44. The second-order valence-electron chi connectivity index (χ2n) is 6.20. The minimum atomic E-state index is 0.209. The van der Waals surface area contributed by atoms with Gasteiger partial charge in [0.05, 0.1) is 6.61 Å². The monoisotopic (exact) mass is 343 g/mol. The molecule has 0 spiro atoms. The van der Waals surface area contributed by atoms with Crippen LogP contribution in [-0.2, 0) is 17.8 Å². The van der Waals surface area contributed by atoms with Crippen molar-refractivity contribution in [1.29, 1.82) is 0 Å². The Morgan fingerprint density at radius 2 is 2.00 bits per heavy atom. The fraction of sp³-hybridized carbons (Fsp3) is 0.350. The van der Waals surface area contributed by atoms with Crippen LogP contribution in [0.4, 0.5) is 0 Å². The minimum Gasteiger partial charge on any atom is -0.494 e. The molecule has 0 radical (unpaired) electrons. The fourth-order valence-electron chi connectivity index (χ4n) is 2.99. The standard InChI is InChI=1S/C20H22ClNO2/c1-15-13-18(8-9-19(15)21)24-12-4-7-20(23)22-11-10-16-5-2-3-6-17(16)14-22/h2-3,5-6,8-9,13H,4,7,10-12,14H2,1H3. The van der Waals surface area contributed by atoms with Crippen molar-refractivity contribution < 1.29 is 9.53 Å². The molecule has 1 aliphatic heterocycles. The second-order valence-corrected chi connectivity index (χ2v) is 6.60. The van der Waals surface area contributed by atoms with Crippen LogP contribution in [0.2, 0.25) is 5.02 Å². The van der Waals surface area contributed by atoms with Gasteiger partial charge in [0.1, 0.15) is 5.75 Å². The Bertz CT molecular complexity index is 729. The third kappa shape index (κ3) is 4.09. The lowest BCUT2D eigenvalue weighted by Gasteiger charge is -2.29. The molecule has 0 aromatic heterocycles. The summed E-state index contributed by atoms with van der Waals surface area (Å²) in [5.74, 6) is 1.01. The lowest BCUT2D eigenvalue weighted by atomic mass is 9.99. The maximum atomic E-state index is 12.4. The summed E-state index contributed by atoms with van der Waals surface area (Å²) in [5, 5.41) is 0.739. The largest absolute Gasteiger partial charge is 0.494 e. The van der Waals surface area contributed by atoms with E-state index in [4.69, 9.17) is 16.3 Å². The number of ether oxygens (including phenoxy) is 1. The van der Waals surface area contributed by atoms with Crippen LogP contribution >= 0.6 is 11.6 Å². The SMILES string of the molecule is Cc1cc(OCCCC(=O)N2CCc3ccccc3C2)ccc1Cl. The molecule has 3 nitrogen and oxygen atoms in total. The highest BCUT2D eigenvalue weighted by molar-refractivity contribution is 6.31. The van der Waals surface area contributed by atoms with E-state index in [1.165, 1.54) is 11.1 Å². The number of fused-ring (bicyclic) bond motifs is 1. The molecule has 2 aromatic carbocycles. The molecule has 3 rings (SSSR count). The molecule has 126 valence electrons. The lowest BCUT2D eigenvalue weighted by Crippen LogP contribution is -2.35. The van der Waals surface area contributed by atoms with Crippen LogP contribution in [0.15, 0.2) is 42.5 Å².